The van der Waals surface area contributed by atoms with Gasteiger partial charge in [0.2, 0.25) is 0 Å². The van der Waals surface area contributed by atoms with Crippen LogP contribution in [0, 0.1) is 0 Å². The van der Waals surface area contributed by atoms with Gasteiger partial charge in [0.15, 0.2) is 6.61 Å². The summed E-state index contributed by atoms with van der Waals surface area (Å²) < 4.78 is 44.1. The van der Waals surface area contributed by atoms with Gasteiger partial charge in [0.25, 0.3) is 5.91 Å². The first-order chi connectivity index (χ1) is 12.5. The Hall–Kier alpha value is -2.54. The van der Waals surface area contributed by atoms with Crippen molar-refractivity contribution in [1.82, 2.24) is 0 Å². The van der Waals surface area contributed by atoms with Crippen molar-refractivity contribution in [3.63, 3.8) is 0 Å². The van der Waals surface area contributed by atoms with Gasteiger partial charge in [-0.1, -0.05) is 41.9 Å². The minimum atomic E-state index is -4.69. The van der Waals surface area contributed by atoms with Crippen LogP contribution in [-0.2, 0) is 25.9 Å². The third-order valence-electron chi connectivity index (χ3n) is 3.90. The highest BCUT2D eigenvalue weighted by atomic mass is 35.5. The molecular formula is C19H17ClF3NO3. The first-order valence-electron chi connectivity index (χ1n) is 7.91. The molecule has 8 heteroatoms. The Bertz CT molecular complexity index is 836. The van der Waals surface area contributed by atoms with E-state index in [2.05, 4.69) is 5.32 Å². The van der Waals surface area contributed by atoms with Crippen LogP contribution in [-0.4, -0.2) is 18.5 Å². The molecule has 4 nitrogen and oxygen atoms in total. The van der Waals surface area contributed by atoms with Crippen molar-refractivity contribution < 1.29 is 27.5 Å². The molecule has 0 aliphatic heterocycles. The van der Waals surface area contributed by atoms with Crippen molar-refractivity contribution in [1.29, 1.82) is 0 Å². The lowest BCUT2D eigenvalue weighted by Crippen LogP contribution is -2.33. The maximum atomic E-state index is 13.0. The average Bonchev–Trinajstić information content (AvgIpc) is 2.61. The van der Waals surface area contributed by atoms with Gasteiger partial charge in [-0.25, -0.2) is 0 Å². The number of ether oxygens (including phenoxy) is 1. The van der Waals surface area contributed by atoms with Crippen LogP contribution in [0.3, 0.4) is 0 Å². The Morgan fingerprint density at radius 2 is 1.70 bits per heavy atom. The largest absolute Gasteiger partial charge is 0.455 e. The van der Waals surface area contributed by atoms with Crippen LogP contribution in [0.25, 0.3) is 0 Å². The summed E-state index contributed by atoms with van der Waals surface area (Å²) in [6.07, 6.45) is -4.69. The number of amides is 1. The van der Waals surface area contributed by atoms with E-state index in [0.29, 0.717) is 11.6 Å². The molecule has 0 fully saturated rings. The second-order valence-corrected chi connectivity index (χ2v) is 6.74. The Morgan fingerprint density at radius 1 is 1.07 bits per heavy atom. The first-order valence-corrected chi connectivity index (χ1v) is 8.29. The van der Waals surface area contributed by atoms with Gasteiger partial charge in [0.05, 0.1) is 16.7 Å². The van der Waals surface area contributed by atoms with Crippen LogP contribution < -0.4 is 5.32 Å². The molecule has 0 aromatic heterocycles. The summed E-state index contributed by atoms with van der Waals surface area (Å²) in [6.45, 7) is 2.54. The standard InChI is InChI=1S/C19H17ClF3NO3/c1-18(2,12-6-4-3-5-7-12)17(26)27-11-16(25)24-15-9-8-13(20)10-14(15)19(21,22)23/h3-10H,11H2,1-2H3,(H,24,25). The highest BCUT2D eigenvalue weighted by Gasteiger charge is 2.35. The van der Waals surface area contributed by atoms with Gasteiger partial charge in [-0.05, 0) is 37.6 Å². The van der Waals surface area contributed by atoms with Gasteiger partial charge in [-0.15, -0.1) is 0 Å². The molecule has 0 atom stereocenters. The second kappa shape index (κ2) is 8.00. The van der Waals surface area contributed by atoms with Crippen LogP contribution in [0.15, 0.2) is 48.5 Å². The Morgan fingerprint density at radius 3 is 2.30 bits per heavy atom. The van der Waals surface area contributed by atoms with Crippen molar-refractivity contribution >= 4 is 29.2 Å². The fourth-order valence-electron chi connectivity index (χ4n) is 2.33. The first kappa shape index (κ1) is 20.8. The summed E-state index contributed by atoms with van der Waals surface area (Å²) in [7, 11) is 0. The van der Waals surface area contributed by atoms with E-state index < -0.39 is 41.3 Å². The fraction of sp³-hybridized carbons (Fsp3) is 0.263. The molecule has 0 heterocycles. The van der Waals surface area contributed by atoms with Gasteiger partial charge in [-0.2, -0.15) is 13.2 Å². The van der Waals surface area contributed by atoms with Gasteiger partial charge in [0.1, 0.15) is 0 Å². The van der Waals surface area contributed by atoms with Crippen LogP contribution >= 0.6 is 11.6 Å². The van der Waals surface area contributed by atoms with Crippen molar-refractivity contribution in [2.24, 2.45) is 0 Å². The predicted octanol–water partition coefficient (Wildman–Crippen LogP) is 4.82. The summed E-state index contributed by atoms with van der Waals surface area (Å²) in [5.74, 6) is -1.56. The van der Waals surface area contributed by atoms with Crippen molar-refractivity contribution in [2.75, 3.05) is 11.9 Å². The highest BCUT2D eigenvalue weighted by Crippen LogP contribution is 2.36. The molecule has 0 spiro atoms. The molecule has 0 aliphatic rings. The average molecular weight is 400 g/mol. The number of anilines is 1. The minimum absolute atomic E-state index is 0.114. The molecule has 0 saturated heterocycles. The van der Waals surface area contributed by atoms with Crippen molar-refractivity contribution in [3.05, 3.63) is 64.7 Å². The Kier molecular flexibility index (Phi) is 6.15. The van der Waals surface area contributed by atoms with E-state index in [1.807, 2.05) is 0 Å². The van der Waals surface area contributed by atoms with E-state index in [9.17, 15) is 22.8 Å². The number of rotatable bonds is 5. The number of esters is 1. The quantitative estimate of drug-likeness (QED) is 0.733. The predicted molar refractivity (Wildman–Crippen MR) is 95.5 cm³/mol. The van der Waals surface area contributed by atoms with Gasteiger partial charge in [0, 0.05) is 5.02 Å². The maximum Gasteiger partial charge on any atom is 0.418 e. The molecule has 2 aromatic rings. The summed E-state index contributed by atoms with van der Waals surface area (Å²) in [6, 6.07) is 11.8. The number of alkyl halides is 3. The molecule has 2 aromatic carbocycles. The SMILES string of the molecule is CC(C)(C(=O)OCC(=O)Nc1ccc(Cl)cc1C(F)(F)F)c1ccccc1. The monoisotopic (exact) mass is 399 g/mol. The summed E-state index contributed by atoms with van der Waals surface area (Å²) in [4.78, 5) is 24.2. The van der Waals surface area contributed by atoms with E-state index in [-0.39, 0.29) is 5.02 Å². The zero-order chi connectivity index (χ0) is 20.2. The van der Waals surface area contributed by atoms with E-state index in [1.165, 1.54) is 6.07 Å². The number of halogens is 4. The van der Waals surface area contributed by atoms with Crippen LogP contribution in [0.4, 0.5) is 18.9 Å². The number of carbonyl (C=O) groups excluding carboxylic acids is 2. The third kappa shape index (κ3) is 5.23. The van der Waals surface area contributed by atoms with Crippen LogP contribution in [0.1, 0.15) is 25.0 Å². The van der Waals surface area contributed by atoms with Gasteiger partial charge >= 0.3 is 12.1 Å². The van der Waals surface area contributed by atoms with Crippen LogP contribution in [0.2, 0.25) is 5.02 Å². The van der Waals surface area contributed by atoms with Gasteiger partial charge in [-0.3, -0.25) is 9.59 Å². The van der Waals surface area contributed by atoms with Crippen LogP contribution in [0.5, 0.6) is 0 Å². The van der Waals surface area contributed by atoms with E-state index in [0.717, 1.165) is 6.07 Å². The van der Waals surface area contributed by atoms with Gasteiger partial charge < -0.3 is 10.1 Å². The lowest BCUT2D eigenvalue weighted by molar-refractivity contribution is -0.152. The van der Waals surface area contributed by atoms with Crippen molar-refractivity contribution in [2.45, 2.75) is 25.4 Å². The minimum Gasteiger partial charge on any atom is -0.455 e. The van der Waals surface area contributed by atoms with E-state index in [1.54, 1.807) is 44.2 Å². The van der Waals surface area contributed by atoms with Crippen molar-refractivity contribution in [3.8, 4) is 0 Å². The molecule has 0 radical (unpaired) electrons. The molecule has 144 valence electrons. The molecule has 1 N–H and O–H groups in total. The molecular weight excluding hydrogens is 383 g/mol. The summed E-state index contributed by atoms with van der Waals surface area (Å²) >= 11 is 5.59. The normalized spacial score (nSPS) is 11.8. The maximum absolute atomic E-state index is 13.0. The topological polar surface area (TPSA) is 55.4 Å². The number of benzene rings is 2. The third-order valence-corrected chi connectivity index (χ3v) is 4.14. The number of nitrogens with one attached hydrogen (secondary N) is 1. The fourth-order valence-corrected chi connectivity index (χ4v) is 2.50. The smallest absolute Gasteiger partial charge is 0.418 e. The second-order valence-electron chi connectivity index (χ2n) is 6.30. The molecule has 0 unspecified atom stereocenters. The summed E-state index contributed by atoms with van der Waals surface area (Å²) in [5.41, 5.74) is -1.87. The molecule has 2 rings (SSSR count). The highest BCUT2D eigenvalue weighted by molar-refractivity contribution is 6.30. The Labute approximate surface area is 159 Å². The van der Waals surface area contributed by atoms with E-state index >= 15 is 0 Å². The number of hydrogen-bond donors (Lipinski definition) is 1. The zero-order valence-corrected chi connectivity index (χ0v) is 15.3. The molecule has 27 heavy (non-hydrogen) atoms. The molecule has 0 aliphatic carbocycles. The lowest BCUT2D eigenvalue weighted by Gasteiger charge is -2.23. The summed E-state index contributed by atoms with van der Waals surface area (Å²) in [5, 5.41) is 1.98. The molecule has 1 amide bonds. The number of carbonyl (C=O) groups is 2. The Balaban J connectivity index is 2.04. The van der Waals surface area contributed by atoms with E-state index in [4.69, 9.17) is 16.3 Å². The zero-order valence-electron chi connectivity index (χ0n) is 14.6. The lowest BCUT2D eigenvalue weighted by atomic mass is 9.85. The molecule has 0 saturated carbocycles. The number of hydrogen-bond acceptors (Lipinski definition) is 3. The molecule has 0 bridgehead atoms.